The highest BCUT2D eigenvalue weighted by Crippen LogP contribution is 2.43. The monoisotopic (exact) mass is 515 g/mol. The summed E-state index contributed by atoms with van der Waals surface area (Å²) in [5.74, 6) is 1.70. The molecule has 10 heteroatoms. The van der Waals surface area contributed by atoms with Crippen molar-refractivity contribution < 1.29 is 27.4 Å². The maximum Gasteiger partial charge on any atom is 0.417 e. The highest BCUT2D eigenvalue weighted by atomic mass is 32.2. The molecule has 1 saturated heterocycles. The second kappa shape index (κ2) is 9.93. The fourth-order valence-corrected chi connectivity index (χ4v) is 5.36. The van der Waals surface area contributed by atoms with Gasteiger partial charge in [0.2, 0.25) is 5.91 Å². The van der Waals surface area contributed by atoms with E-state index in [1.54, 1.807) is 42.6 Å². The smallest absolute Gasteiger partial charge is 0.417 e. The van der Waals surface area contributed by atoms with E-state index in [1.807, 2.05) is 4.90 Å². The van der Waals surface area contributed by atoms with Gasteiger partial charge >= 0.3 is 6.18 Å². The van der Waals surface area contributed by atoms with Gasteiger partial charge in [0.15, 0.2) is 11.5 Å². The van der Waals surface area contributed by atoms with Crippen LogP contribution in [0.15, 0.2) is 64.5 Å². The molecule has 0 spiro atoms. The maximum absolute atomic E-state index is 14.1. The number of carbonyl (C=O) groups is 1. The first-order chi connectivity index (χ1) is 17.3. The summed E-state index contributed by atoms with van der Waals surface area (Å²) in [6.07, 6.45) is -2.14. The summed E-state index contributed by atoms with van der Waals surface area (Å²) in [7, 11) is 0. The topological polar surface area (TPSA) is 63.7 Å². The lowest BCUT2D eigenvalue weighted by molar-refractivity contribution is -0.139. The van der Waals surface area contributed by atoms with Crippen LogP contribution in [0.3, 0.4) is 0 Å². The van der Waals surface area contributed by atoms with E-state index in [2.05, 4.69) is 10.3 Å². The second-order valence-corrected chi connectivity index (χ2v) is 9.77. The molecule has 2 aliphatic rings. The van der Waals surface area contributed by atoms with Crippen LogP contribution in [0.2, 0.25) is 0 Å². The number of benzene rings is 2. The van der Waals surface area contributed by atoms with E-state index in [0.717, 1.165) is 18.2 Å². The van der Waals surface area contributed by atoms with E-state index in [-0.39, 0.29) is 16.8 Å². The van der Waals surface area contributed by atoms with Crippen LogP contribution in [0.1, 0.15) is 18.9 Å². The molecule has 1 amide bonds. The number of amides is 1. The Morgan fingerprint density at radius 3 is 2.61 bits per heavy atom. The number of nitrogens with one attached hydrogen (secondary N) is 1. The number of nitrogens with zero attached hydrogens (tertiary/aromatic N) is 2. The molecule has 1 aromatic heterocycles. The van der Waals surface area contributed by atoms with Crippen LogP contribution in [0.4, 0.5) is 19.0 Å². The molecule has 0 bridgehead atoms. The van der Waals surface area contributed by atoms with Crippen LogP contribution in [0, 0.1) is 0 Å². The standard InChI is InChI=1S/C26H24F3N3O3S/c1-16(33)31-19-7-9-32(15-19)25-13-18(6-8-30-25)17-2-5-24(21(12-17)26(27,28)29)36-20-3-4-22-23(14-20)35-11-10-34-22/h2-6,8,12-14,19H,7,9-11,15H2,1H3,(H,31,33)/t19-/m0/s1. The quantitative estimate of drug-likeness (QED) is 0.491. The molecule has 36 heavy (non-hydrogen) atoms. The molecular formula is C26H24F3N3O3S. The highest BCUT2D eigenvalue weighted by molar-refractivity contribution is 7.99. The summed E-state index contributed by atoms with van der Waals surface area (Å²) in [6, 6.07) is 13.0. The van der Waals surface area contributed by atoms with E-state index in [9.17, 15) is 18.0 Å². The van der Waals surface area contributed by atoms with Crippen LogP contribution in [0.5, 0.6) is 11.5 Å². The van der Waals surface area contributed by atoms with Crippen molar-refractivity contribution in [1.29, 1.82) is 0 Å². The van der Waals surface area contributed by atoms with Gasteiger partial charge in [-0.1, -0.05) is 17.8 Å². The molecule has 0 unspecified atom stereocenters. The Hall–Kier alpha value is -3.40. The van der Waals surface area contributed by atoms with Crippen molar-refractivity contribution >= 4 is 23.5 Å². The fraction of sp³-hybridized carbons (Fsp3) is 0.308. The number of halogens is 3. The molecule has 188 valence electrons. The summed E-state index contributed by atoms with van der Waals surface area (Å²) >= 11 is 1.04. The van der Waals surface area contributed by atoms with E-state index in [0.29, 0.717) is 59.6 Å². The number of carbonyl (C=O) groups excluding carboxylic acids is 1. The van der Waals surface area contributed by atoms with Gasteiger partial charge in [-0.25, -0.2) is 4.98 Å². The number of rotatable bonds is 5. The van der Waals surface area contributed by atoms with Crippen LogP contribution in [0.25, 0.3) is 11.1 Å². The zero-order chi connectivity index (χ0) is 25.3. The zero-order valence-electron chi connectivity index (χ0n) is 19.5. The molecular weight excluding hydrogens is 491 g/mol. The minimum Gasteiger partial charge on any atom is -0.486 e. The first kappa shape index (κ1) is 24.3. The van der Waals surface area contributed by atoms with Crippen molar-refractivity contribution in [3.8, 4) is 22.6 Å². The third-order valence-corrected chi connectivity index (χ3v) is 7.09. The number of hydrogen-bond donors (Lipinski definition) is 1. The van der Waals surface area contributed by atoms with Gasteiger partial charge in [0.05, 0.1) is 5.56 Å². The molecule has 1 N–H and O–H groups in total. The number of fused-ring (bicyclic) bond motifs is 1. The van der Waals surface area contributed by atoms with Gasteiger partial charge in [0, 0.05) is 42.0 Å². The molecule has 5 rings (SSSR count). The van der Waals surface area contributed by atoms with Crippen molar-refractivity contribution in [1.82, 2.24) is 10.3 Å². The average molecular weight is 516 g/mol. The van der Waals surface area contributed by atoms with E-state index >= 15 is 0 Å². The predicted molar refractivity (Wildman–Crippen MR) is 131 cm³/mol. The van der Waals surface area contributed by atoms with Crippen LogP contribution in [-0.2, 0) is 11.0 Å². The Labute approximate surface area is 210 Å². The minimum absolute atomic E-state index is 0.0293. The molecule has 0 aliphatic carbocycles. The minimum atomic E-state index is -4.53. The maximum atomic E-state index is 14.1. The van der Waals surface area contributed by atoms with Gasteiger partial charge in [-0.3, -0.25) is 4.79 Å². The van der Waals surface area contributed by atoms with Crippen molar-refractivity contribution in [2.75, 3.05) is 31.2 Å². The number of pyridine rings is 1. The molecule has 3 heterocycles. The van der Waals surface area contributed by atoms with Gasteiger partial charge in [0.1, 0.15) is 19.0 Å². The molecule has 2 aliphatic heterocycles. The van der Waals surface area contributed by atoms with Gasteiger partial charge in [-0.2, -0.15) is 13.2 Å². The summed E-state index contributed by atoms with van der Waals surface area (Å²) in [4.78, 5) is 18.5. The summed E-state index contributed by atoms with van der Waals surface area (Å²) in [6.45, 7) is 3.65. The first-order valence-electron chi connectivity index (χ1n) is 11.5. The van der Waals surface area contributed by atoms with Crippen LogP contribution >= 0.6 is 11.8 Å². The van der Waals surface area contributed by atoms with Crippen molar-refractivity contribution in [2.24, 2.45) is 0 Å². The summed E-state index contributed by atoms with van der Waals surface area (Å²) in [5.41, 5.74) is 0.393. The average Bonchev–Trinajstić information content (AvgIpc) is 3.31. The van der Waals surface area contributed by atoms with Crippen molar-refractivity contribution in [2.45, 2.75) is 35.4 Å². The van der Waals surface area contributed by atoms with E-state index < -0.39 is 11.7 Å². The molecule has 6 nitrogen and oxygen atoms in total. The Kier molecular flexibility index (Phi) is 6.70. The van der Waals surface area contributed by atoms with Crippen molar-refractivity contribution in [3.63, 3.8) is 0 Å². The number of alkyl halides is 3. The Morgan fingerprint density at radius 2 is 1.83 bits per heavy atom. The van der Waals surface area contributed by atoms with Gasteiger partial charge in [-0.15, -0.1) is 0 Å². The lowest BCUT2D eigenvalue weighted by atomic mass is 10.0. The number of aromatic nitrogens is 1. The molecule has 0 saturated carbocycles. The summed E-state index contributed by atoms with van der Waals surface area (Å²) < 4.78 is 53.3. The molecule has 2 aromatic carbocycles. The number of ether oxygens (including phenoxy) is 2. The van der Waals surface area contributed by atoms with Crippen LogP contribution in [-0.4, -0.2) is 43.2 Å². The van der Waals surface area contributed by atoms with Gasteiger partial charge < -0.3 is 19.7 Å². The van der Waals surface area contributed by atoms with E-state index in [1.165, 1.54) is 19.1 Å². The third kappa shape index (κ3) is 5.38. The fourth-order valence-electron chi connectivity index (χ4n) is 4.38. The zero-order valence-corrected chi connectivity index (χ0v) is 20.3. The third-order valence-electron chi connectivity index (χ3n) is 6.02. The number of hydrogen-bond acceptors (Lipinski definition) is 6. The Morgan fingerprint density at radius 1 is 1.06 bits per heavy atom. The predicted octanol–water partition coefficient (Wildman–Crippen LogP) is 5.40. The molecule has 1 fully saturated rings. The lowest BCUT2D eigenvalue weighted by Crippen LogP contribution is -2.35. The van der Waals surface area contributed by atoms with E-state index in [4.69, 9.17) is 9.47 Å². The number of anilines is 1. The normalized spacial score (nSPS) is 17.2. The second-order valence-electron chi connectivity index (χ2n) is 8.65. The molecule has 3 aromatic rings. The first-order valence-corrected chi connectivity index (χ1v) is 12.3. The van der Waals surface area contributed by atoms with Gasteiger partial charge in [-0.05, 0) is 60.0 Å². The van der Waals surface area contributed by atoms with Crippen molar-refractivity contribution in [3.05, 3.63) is 60.3 Å². The largest absolute Gasteiger partial charge is 0.486 e. The highest BCUT2D eigenvalue weighted by Gasteiger charge is 2.34. The molecule has 1 atom stereocenters. The van der Waals surface area contributed by atoms with Crippen LogP contribution < -0.4 is 19.7 Å². The summed E-state index contributed by atoms with van der Waals surface area (Å²) in [5, 5.41) is 2.90. The Bertz CT molecular complexity index is 1280. The Balaban J connectivity index is 1.41. The molecule has 0 radical (unpaired) electrons. The van der Waals surface area contributed by atoms with Gasteiger partial charge in [0.25, 0.3) is 0 Å². The lowest BCUT2D eigenvalue weighted by Gasteiger charge is -2.20. The SMILES string of the molecule is CC(=O)N[C@H]1CCN(c2cc(-c3ccc(Sc4ccc5c(c4)OCCO5)c(C(F)(F)F)c3)ccn2)C1.